The molecule has 0 N–H and O–H groups in total. The second-order valence-corrected chi connectivity index (χ2v) is 22.5. The van der Waals surface area contributed by atoms with E-state index in [0.29, 0.717) is 17.5 Å². The van der Waals surface area contributed by atoms with Crippen LogP contribution in [0.3, 0.4) is 0 Å². The molecule has 0 saturated heterocycles. The first kappa shape index (κ1) is 43.5. The summed E-state index contributed by atoms with van der Waals surface area (Å²) in [6, 6.07) is 78.4. The zero-order valence-electron chi connectivity index (χ0n) is 39.5. The standard InChI is InChI=1S/C65H52N3OP/c1-70(2,69)53-39-33-47(34-40-53)61-57-26-11-9-24-55(57)60(56-25-10-12-27-58(56)61)46-29-35-51(36-30-46)65(41-13-4-14-42-65)52-37-31-48(32-38-52)62-66-63(50-22-15-21-49(43-50)44-17-5-3-6-18-44)68-64(67-62)59-28-16-20-45-19-7-8-23-54(45)59/h3,5-12,15-40,43H,4,13-14,41-42H2,1-2H3. The van der Waals surface area contributed by atoms with Gasteiger partial charge < -0.3 is 4.57 Å². The highest BCUT2D eigenvalue weighted by molar-refractivity contribution is 7.70. The van der Waals surface area contributed by atoms with Gasteiger partial charge in [-0.2, -0.15) is 0 Å². The minimum absolute atomic E-state index is 0.118. The molecule has 1 aliphatic carbocycles. The summed E-state index contributed by atoms with van der Waals surface area (Å²) in [4.78, 5) is 15.6. The molecule has 1 heterocycles. The molecule has 5 heteroatoms. The van der Waals surface area contributed by atoms with Crippen LogP contribution in [0.1, 0.15) is 43.2 Å². The summed E-state index contributed by atoms with van der Waals surface area (Å²) in [5.41, 5.74) is 12.5. The first-order valence-corrected chi connectivity index (χ1v) is 27.1. The molecule has 0 amide bonds. The van der Waals surface area contributed by atoms with Crippen molar-refractivity contribution in [3.63, 3.8) is 0 Å². The van der Waals surface area contributed by atoms with Crippen molar-refractivity contribution >= 4 is 44.8 Å². The number of rotatable bonds is 9. The molecule has 11 aromatic rings. The summed E-state index contributed by atoms with van der Waals surface area (Å²) >= 11 is 0. The van der Waals surface area contributed by atoms with E-state index in [1.54, 1.807) is 0 Å². The molecule has 10 aromatic carbocycles. The van der Waals surface area contributed by atoms with Crippen LogP contribution in [0.25, 0.3) is 99.9 Å². The van der Waals surface area contributed by atoms with Gasteiger partial charge in [0, 0.05) is 27.4 Å². The van der Waals surface area contributed by atoms with E-state index in [1.807, 2.05) is 31.5 Å². The monoisotopic (exact) mass is 921 g/mol. The van der Waals surface area contributed by atoms with Crippen molar-refractivity contribution < 1.29 is 4.57 Å². The molecule has 0 unspecified atom stereocenters. The smallest absolute Gasteiger partial charge is 0.164 e. The van der Waals surface area contributed by atoms with Crippen LogP contribution >= 0.6 is 7.14 Å². The average molecular weight is 922 g/mol. The molecule has 338 valence electrons. The lowest BCUT2D eigenvalue weighted by Crippen LogP contribution is -2.30. The van der Waals surface area contributed by atoms with Gasteiger partial charge >= 0.3 is 0 Å². The van der Waals surface area contributed by atoms with Crippen molar-refractivity contribution in [2.75, 3.05) is 13.3 Å². The maximum Gasteiger partial charge on any atom is 0.164 e. The molecule has 12 rings (SSSR count). The van der Waals surface area contributed by atoms with Crippen molar-refractivity contribution in [3.05, 3.63) is 230 Å². The number of hydrogen-bond acceptors (Lipinski definition) is 4. The number of nitrogens with zero attached hydrogens (tertiary/aromatic N) is 3. The summed E-state index contributed by atoms with van der Waals surface area (Å²) in [6.45, 7) is 3.67. The van der Waals surface area contributed by atoms with Crippen LogP contribution in [0.5, 0.6) is 0 Å². The Morgan fingerprint density at radius 3 is 1.40 bits per heavy atom. The van der Waals surface area contributed by atoms with Gasteiger partial charge in [0.1, 0.15) is 7.14 Å². The van der Waals surface area contributed by atoms with E-state index < -0.39 is 7.14 Å². The number of fused-ring (bicyclic) bond motifs is 3. The van der Waals surface area contributed by atoms with E-state index in [4.69, 9.17) is 15.0 Å². The van der Waals surface area contributed by atoms with Gasteiger partial charge in [-0.15, -0.1) is 0 Å². The SMILES string of the molecule is CP(C)(=O)c1ccc(-c2c3ccccc3c(-c3ccc(C4(c5ccc(-c6nc(-c7cccc(-c8ccccc8)c7)nc(-c7cccc8ccccc78)n6)cc5)CCCCC4)cc3)c3ccccc23)cc1. The van der Waals surface area contributed by atoms with Crippen LogP contribution in [0.4, 0.5) is 0 Å². The Morgan fingerprint density at radius 1 is 0.371 bits per heavy atom. The van der Waals surface area contributed by atoms with Gasteiger partial charge in [-0.3, -0.25) is 0 Å². The third-order valence-corrected chi connectivity index (χ3v) is 16.3. The Labute approximate surface area is 410 Å². The third kappa shape index (κ3) is 7.93. The van der Waals surface area contributed by atoms with E-state index in [1.165, 1.54) is 68.6 Å². The molecule has 1 aromatic heterocycles. The molecule has 4 nitrogen and oxygen atoms in total. The Balaban J connectivity index is 0.932. The third-order valence-electron chi connectivity index (χ3n) is 14.7. The van der Waals surface area contributed by atoms with E-state index in [9.17, 15) is 4.57 Å². The van der Waals surface area contributed by atoms with Gasteiger partial charge in [0.2, 0.25) is 0 Å². The summed E-state index contributed by atoms with van der Waals surface area (Å²) < 4.78 is 13.0. The molecular weight excluding hydrogens is 870 g/mol. The van der Waals surface area contributed by atoms with Gasteiger partial charge in [0.05, 0.1) is 0 Å². The molecule has 1 fully saturated rings. The van der Waals surface area contributed by atoms with Crippen molar-refractivity contribution in [1.82, 2.24) is 15.0 Å². The Hall–Kier alpha value is -7.78. The lowest BCUT2D eigenvalue weighted by Gasteiger charge is -2.39. The van der Waals surface area contributed by atoms with Crippen molar-refractivity contribution in [3.8, 4) is 67.5 Å². The molecule has 0 aliphatic heterocycles. The Morgan fingerprint density at radius 2 is 0.814 bits per heavy atom. The van der Waals surface area contributed by atoms with Gasteiger partial charge in [0.25, 0.3) is 0 Å². The largest absolute Gasteiger partial charge is 0.319 e. The molecular formula is C65H52N3OP. The molecule has 0 spiro atoms. The summed E-state index contributed by atoms with van der Waals surface area (Å²) in [7, 11) is -2.37. The van der Waals surface area contributed by atoms with Crippen LogP contribution < -0.4 is 5.30 Å². The number of hydrogen-bond donors (Lipinski definition) is 0. The molecule has 0 bridgehead atoms. The summed E-state index contributed by atoms with van der Waals surface area (Å²) in [6.07, 6.45) is 5.80. The fourth-order valence-corrected chi connectivity index (χ4v) is 12.0. The van der Waals surface area contributed by atoms with Crippen LogP contribution in [0.2, 0.25) is 0 Å². The first-order chi connectivity index (χ1) is 34.3. The molecule has 1 aliphatic rings. The molecule has 1 saturated carbocycles. The Bertz CT molecular complexity index is 3720. The highest BCUT2D eigenvalue weighted by atomic mass is 31.2. The second kappa shape index (κ2) is 17.9. The highest BCUT2D eigenvalue weighted by Crippen LogP contribution is 2.48. The second-order valence-electron chi connectivity index (χ2n) is 19.3. The zero-order chi connectivity index (χ0) is 47.2. The minimum atomic E-state index is -2.37. The van der Waals surface area contributed by atoms with Crippen LogP contribution in [-0.4, -0.2) is 28.3 Å². The topological polar surface area (TPSA) is 55.7 Å². The average Bonchev–Trinajstić information content (AvgIpc) is 3.42. The molecule has 0 atom stereocenters. The zero-order valence-corrected chi connectivity index (χ0v) is 40.4. The van der Waals surface area contributed by atoms with Crippen molar-refractivity contribution in [2.24, 2.45) is 0 Å². The van der Waals surface area contributed by atoms with Gasteiger partial charge in [-0.05, 0) is 109 Å². The molecule has 0 radical (unpaired) electrons. The van der Waals surface area contributed by atoms with Crippen molar-refractivity contribution in [2.45, 2.75) is 37.5 Å². The van der Waals surface area contributed by atoms with Gasteiger partial charge in [-0.1, -0.05) is 232 Å². The van der Waals surface area contributed by atoms with E-state index in [2.05, 4.69) is 200 Å². The van der Waals surface area contributed by atoms with E-state index >= 15 is 0 Å². The predicted molar refractivity (Wildman–Crippen MR) is 294 cm³/mol. The summed E-state index contributed by atoms with van der Waals surface area (Å²) in [5.74, 6) is 1.96. The first-order valence-electron chi connectivity index (χ1n) is 24.5. The van der Waals surface area contributed by atoms with E-state index in [0.717, 1.165) is 62.3 Å². The maximum absolute atomic E-state index is 13.0. The highest BCUT2D eigenvalue weighted by Gasteiger charge is 2.36. The quantitative estimate of drug-likeness (QED) is 0.107. The fourth-order valence-electron chi connectivity index (χ4n) is 11.2. The lowest BCUT2D eigenvalue weighted by molar-refractivity contribution is 0.346. The minimum Gasteiger partial charge on any atom is -0.319 e. The van der Waals surface area contributed by atoms with Crippen LogP contribution in [0, 0.1) is 0 Å². The predicted octanol–water partition coefficient (Wildman–Crippen LogP) is 16.8. The maximum atomic E-state index is 13.0. The van der Waals surface area contributed by atoms with Gasteiger partial charge in [-0.25, -0.2) is 15.0 Å². The summed E-state index contributed by atoms with van der Waals surface area (Å²) in [5, 5.41) is 8.03. The molecule has 70 heavy (non-hydrogen) atoms. The lowest BCUT2D eigenvalue weighted by atomic mass is 9.65. The Kier molecular flexibility index (Phi) is 11.2. The number of aromatic nitrogens is 3. The van der Waals surface area contributed by atoms with Crippen LogP contribution in [-0.2, 0) is 9.98 Å². The fraction of sp³-hybridized carbons (Fsp3) is 0.123. The number of benzene rings is 10. The van der Waals surface area contributed by atoms with Gasteiger partial charge in [0.15, 0.2) is 17.5 Å². The van der Waals surface area contributed by atoms with E-state index in [-0.39, 0.29) is 5.41 Å². The van der Waals surface area contributed by atoms with Crippen molar-refractivity contribution in [1.29, 1.82) is 0 Å². The van der Waals surface area contributed by atoms with Crippen LogP contribution in [0.15, 0.2) is 218 Å². The normalized spacial score (nSPS) is 13.7.